The molecule has 0 spiro atoms. The zero-order valence-corrected chi connectivity index (χ0v) is 22.2. The lowest BCUT2D eigenvalue weighted by Crippen LogP contribution is -2.65. The van der Waals surface area contributed by atoms with Crippen LogP contribution in [0.25, 0.3) is 11.3 Å². The highest BCUT2D eigenvalue weighted by molar-refractivity contribution is 7.89. The average Bonchev–Trinajstić information content (AvgIpc) is 3.42. The number of hydrogen-bond acceptors (Lipinski definition) is 6. The molecule has 37 heavy (non-hydrogen) atoms. The standard InChI is InChI=1S/C27H32N4O5S/c1-18(2)27(33)31-20(4)16-30(37(34,35)22-9-6-5-7-10-22)17-24(31)26(32)29-15-23-19(3)13-21(14-28-23)25-11-8-12-36-25/h5-14,18,20,24H,15-17H2,1-4H3,(H,29,32)/t20-,24-/m1/s1. The molecule has 0 radical (unpaired) electrons. The molecule has 1 aromatic carbocycles. The minimum Gasteiger partial charge on any atom is -0.464 e. The number of carbonyl (C=O) groups excluding carboxylic acids is 2. The van der Waals surface area contributed by atoms with Crippen LogP contribution in [0, 0.1) is 12.8 Å². The van der Waals surface area contributed by atoms with Gasteiger partial charge in [0.05, 0.1) is 23.4 Å². The first kappa shape index (κ1) is 26.6. The van der Waals surface area contributed by atoms with E-state index in [1.54, 1.807) is 57.5 Å². The zero-order chi connectivity index (χ0) is 26.7. The molecule has 3 heterocycles. The zero-order valence-electron chi connectivity index (χ0n) is 21.4. The molecule has 10 heteroatoms. The molecule has 0 saturated carbocycles. The molecule has 196 valence electrons. The van der Waals surface area contributed by atoms with Crippen molar-refractivity contribution in [2.75, 3.05) is 13.1 Å². The second kappa shape index (κ2) is 10.9. The van der Waals surface area contributed by atoms with Gasteiger partial charge in [0.2, 0.25) is 21.8 Å². The first-order valence-corrected chi connectivity index (χ1v) is 13.7. The lowest BCUT2D eigenvalue weighted by Gasteiger charge is -2.44. The van der Waals surface area contributed by atoms with Gasteiger partial charge in [0, 0.05) is 36.8 Å². The van der Waals surface area contributed by atoms with Crippen LogP contribution in [0.1, 0.15) is 32.0 Å². The van der Waals surface area contributed by atoms with Gasteiger partial charge in [-0.25, -0.2) is 8.42 Å². The molecule has 1 aliphatic heterocycles. The fourth-order valence-electron chi connectivity index (χ4n) is 4.52. The highest BCUT2D eigenvalue weighted by atomic mass is 32.2. The van der Waals surface area contributed by atoms with E-state index in [4.69, 9.17) is 4.42 Å². The van der Waals surface area contributed by atoms with Gasteiger partial charge in [-0.05, 0) is 49.7 Å². The molecule has 3 aromatic rings. The number of amides is 2. The lowest BCUT2D eigenvalue weighted by molar-refractivity contribution is -0.148. The molecule has 1 aliphatic rings. The van der Waals surface area contributed by atoms with Crippen molar-refractivity contribution in [1.29, 1.82) is 0 Å². The minimum absolute atomic E-state index is 0.106. The van der Waals surface area contributed by atoms with Gasteiger partial charge < -0.3 is 14.6 Å². The summed E-state index contributed by atoms with van der Waals surface area (Å²) in [6.45, 7) is 7.32. The van der Waals surface area contributed by atoms with Crippen molar-refractivity contribution in [1.82, 2.24) is 19.5 Å². The van der Waals surface area contributed by atoms with E-state index in [0.29, 0.717) is 11.5 Å². The van der Waals surface area contributed by atoms with Gasteiger partial charge in [-0.1, -0.05) is 32.0 Å². The molecule has 9 nitrogen and oxygen atoms in total. The molecule has 0 bridgehead atoms. The number of aryl methyl sites for hydroxylation is 1. The topological polar surface area (TPSA) is 113 Å². The van der Waals surface area contributed by atoms with Gasteiger partial charge >= 0.3 is 0 Å². The first-order valence-electron chi connectivity index (χ1n) is 12.2. The smallest absolute Gasteiger partial charge is 0.244 e. The number of aromatic nitrogens is 1. The molecule has 0 unspecified atom stereocenters. The summed E-state index contributed by atoms with van der Waals surface area (Å²) in [7, 11) is -3.84. The van der Waals surface area contributed by atoms with Gasteiger partial charge in [-0.2, -0.15) is 4.31 Å². The van der Waals surface area contributed by atoms with Crippen molar-refractivity contribution < 1.29 is 22.4 Å². The van der Waals surface area contributed by atoms with Crippen LogP contribution in [-0.2, 0) is 26.2 Å². The molecule has 1 N–H and O–H groups in total. The van der Waals surface area contributed by atoms with Crippen LogP contribution >= 0.6 is 0 Å². The van der Waals surface area contributed by atoms with Crippen LogP contribution in [0.5, 0.6) is 0 Å². The maximum absolute atomic E-state index is 13.5. The van der Waals surface area contributed by atoms with Crippen LogP contribution in [0.2, 0.25) is 0 Å². The van der Waals surface area contributed by atoms with Crippen molar-refractivity contribution in [3.05, 3.63) is 72.2 Å². The van der Waals surface area contributed by atoms with E-state index in [0.717, 1.165) is 11.1 Å². The van der Waals surface area contributed by atoms with Crippen molar-refractivity contribution >= 4 is 21.8 Å². The quantitative estimate of drug-likeness (QED) is 0.508. The fourth-order valence-corrected chi connectivity index (χ4v) is 6.06. The lowest BCUT2D eigenvalue weighted by atomic mass is 10.0. The molecule has 1 saturated heterocycles. The van der Waals surface area contributed by atoms with Crippen molar-refractivity contribution in [3.63, 3.8) is 0 Å². The van der Waals surface area contributed by atoms with Gasteiger partial charge in [0.15, 0.2) is 0 Å². The van der Waals surface area contributed by atoms with Gasteiger partial charge in [0.25, 0.3) is 0 Å². The Labute approximate surface area is 217 Å². The van der Waals surface area contributed by atoms with Gasteiger partial charge in [-0.15, -0.1) is 0 Å². The van der Waals surface area contributed by atoms with Gasteiger partial charge in [0.1, 0.15) is 11.8 Å². The van der Waals surface area contributed by atoms with Gasteiger partial charge in [-0.3, -0.25) is 14.6 Å². The van der Waals surface area contributed by atoms with Crippen LogP contribution in [-0.4, -0.2) is 59.6 Å². The number of furan rings is 1. The highest BCUT2D eigenvalue weighted by Gasteiger charge is 2.43. The van der Waals surface area contributed by atoms with Crippen LogP contribution < -0.4 is 5.32 Å². The number of carbonyl (C=O) groups is 2. The second-order valence-corrected chi connectivity index (χ2v) is 11.5. The largest absolute Gasteiger partial charge is 0.464 e. The Morgan fingerprint density at radius 3 is 2.49 bits per heavy atom. The minimum atomic E-state index is -3.84. The summed E-state index contributed by atoms with van der Waals surface area (Å²) in [4.78, 5) is 32.7. The monoisotopic (exact) mass is 524 g/mol. The van der Waals surface area contributed by atoms with E-state index < -0.39 is 28.0 Å². The Hall–Kier alpha value is -3.50. The number of nitrogens with zero attached hydrogens (tertiary/aromatic N) is 3. The Kier molecular flexibility index (Phi) is 7.79. The highest BCUT2D eigenvalue weighted by Crippen LogP contribution is 2.25. The predicted octanol–water partition coefficient (Wildman–Crippen LogP) is 3.21. The summed E-state index contributed by atoms with van der Waals surface area (Å²) < 4.78 is 33.4. The summed E-state index contributed by atoms with van der Waals surface area (Å²) in [5.41, 5.74) is 2.37. The number of pyridine rings is 1. The van der Waals surface area contributed by atoms with Crippen LogP contribution in [0.4, 0.5) is 0 Å². The predicted molar refractivity (Wildman–Crippen MR) is 139 cm³/mol. The van der Waals surface area contributed by atoms with Crippen molar-refractivity contribution in [2.45, 2.75) is 51.2 Å². The van der Waals surface area contributed by atoms with Crippen LogP contribution in [0.3, 0.4) is 0 Å². The maximum atomic E-state index is 13.5. The van der Waals surface area contributed by atoms with E-state index in [1.807, 2.05) is 19.1 Å². The summed E-state index contributed by atoms with van der Waals surface area (Å²) in [5.74, 6) is -0.260. The Morgan fingerprint density at radius 1 is 1.14 bits per heavy atom. The van der Waals surface area contributed by atoms with Crippen LogP contribution in [0.15, 0.2) is 70.3 Å². The number of piperazine rings is 1. The number of benzene rings is 1. The molecule has 1 fully saturated rings. The normalized spacial score (nSPS) is 18.7. The molecule has 4 rings (SSSR count). The Bertz CT molecular complexity index is 1360. The van der Waals surface area contributed by atoms with E-state index in [-0.39, 0.29) is 36.4 Å². The average molecular weight is 525 g/mol. The third kappa shape index (κ3) is 5.60. The SMILES string of the molecule is Cc1cc(-c2ccco2)cnc1CNC(=O)[C@H]1CN(S(=O)(=O)c2ccccc2)C[C@@H](C)N1C(=O)C(C)C. The molecule has 2 atom stereocenters. The van der Waals surface area contributed by atoms with E-state index in [2.05, 4.69) is 10.3 Å². The van der Waals surface area contributed by atoms with Crippen molar-refractivity contribution in [3.8, 4) is 11.3 Å². The second-order valence-electron chi connectivity index (χ2n) is 9.58. The van der Waals surface area contributed by atoms with Crippen molar-refractivity contribution in [2.24, 2.45) is 5.92 Å². The Morgan fingerprint density at radius 2 is 1.86 bits per heavy atom. The summed E-state index contributed by atoms with van der Waals surface area (Å²) in [6, 6.07) is 12.2. The number of sulfonamides is 1. The Balaban J connectivity index is 1.55. The molecule has 0 aliphatic carbocycles. The number of nitrogens with one attached hydrogen (secondary N) is 1. The molecule has 2 amide bonds. The molecule has 2 aromatic heterocycles. The maximum Gasteiger partial charge on any atom is 0.244 e. The third-order valence-electron chi connectivity index (χ3n) is 6.51. The van der Waals surface area contributed by atoms with E-state index in [1.165, 1.54) is 21.3 Å². The molecular weight excluding hydrogens is 492 g/mol. The first-order chi connectivity index (χ1) is 17.6. The summed E-state index contributed by atoms with van der Waals surface area (Å²) in [6.07, 6.45) is 3.27. The number of rotatable bonds is 7. The fraction of sp³-hybridized carbons (Fsp3) is 0.370. The molecular formula is C27H32N4O5S. The van der Waals surface area contributed by atoms with E-state index in [9.17, 15) is 18.0 Å². The summed E-state index contributed by atoms with van der Waals surface area (Å²) in [5, 5.41) is 2.88. The summed E-state index contributed by atoms with van der Waals surface area (Å²) >= 11 is 0. The van der Waals surface area contributed by atoms with E-state index >= 15 is 0 Å². The number of hydrogen-bond donors (Lipinski definition) is 1. The third-order valence-corrected chi connectivity index (χ3v) is 8.36.